The molecule has 2 aromatic rings. The lowest BCUT2D eigenvalue weighted by molar-refractivity contribution is -0.387. The number of nitrogens with one attached hydrogen (secondary N) is 1. The van der Waals surface area contributed by atoms with E-state index in [1.165, 1.54) is 12.1 Å². The van der Waals surface area contributed by atoms with Crippen molar-refractivity contribution in [1.29, 1.82) is 0 Å². The van der Waals surface area contributed by atoms with Crippen molar-refractivity contribution in [3.8, 4) is 0 Å². The summed E-state index contributed by atoms with van der Waals surface area (Å²) in [7, 11) is 0. The average Bonchev–Trinajstić information content (AvgIpc) is 2.46. The molecule has 2 aromatic carbocycles. The molecule has 0 radical (unpaired) electrons. The summed E-state index contributed by atoms with van der Waals surface area (Å²) in [5, 5.41) is 13.7. The highest BCUT2D eigenvalue weighted by atomic mass is 19.1. The number of rotatable bonds is 5. The molecular weight excluding hydrogens is 271 g/mol. The number of nitrogens with zero attached hydrogens (tertiary/aromatic N) is 1. The molecule has 0 amide bonds. The van der Waals surface area contributed by atoms with Crippen LogP contribution in [0.5, 0.6) is 0 Å². The first-order valence-corrected chi connectivity index (χ1v) is 6.56. The third kappa shape index (κ3) is 3.89. The second-order valence-electron chi connectivity index (χ2n) is 4.45. The molecule has 0 aliphatic carbocycles. The SMILES string of the molecule is CCNc1ccc(C=Cc2ccc([N+](=O)[O-])c(F)c2)cc1. The van der Waals surface area contributed by atoms with E-state index in [1.54, 1.807) is 6.08 Å². The first-order chi connectivity index (χ1) is 10.1. The highest BCUT2D eigenvalue weighted by molar-refractivity contribution is 5.70. The van der Waals surface area contributed by atoms with Gasteiger partial charge in [0, 0.05) is 18.3 Å². The number of anilines is 1. The van der Waals surface area contributed by atoms with E-state index in [-0.39, 0.29) is 0 Å². The minimum absolute atomic E-state index is 0.512. The monoisotopic (exact) mass is 286 g/mol. The van der Waals surface area contributed by atoms with Crippen LogP contribution in [0.1, 0.15) is 18.1 Å². The minimum atomic E-state index is -0.829. The normalized spacial score (nSPS) is 10.8. The fourth-order valence-corrected chi connectivity index (χ4v) is 1.88. The number of halogens is 1. The molecule has 0 saturated carbocycles. The van der Waals surface area contributed by atoms with Crippen LogP contribution < -0.4 is 5.32 Å². The molecule has 4 nitrogen and oxygen atoms in total. The highest BCUT2D eigenvalue weighted by Crippen LogP contribution is 2.19. The molecule has 5 heteroatoms. The fraction of sp³-hybridized carbons (Fsp3) is 0.125. The maximum atomic E-state index is 13.5. The van der Waals surface area contributed by atoms with Gasteiger partial charge < -0.3 is 5.32 Å². The Bertz CT molecular complexity index is 666. The zero-order valence-electron chi connectivity index (χ0n) is 11.5. The Hall–Kier alpha value is -2.69. The summed E-state index contributed by atoms with van der Waals surface area (Å²) < 4.78 is 13.5. The lowest BCUT2D eigenvalue weighted by atomic mass is 10.1. The quantitative estimate of drug-likeness (QED) is 0.505. The molecule has 0 bridgehead atoms. The molecule has 0 unspecified atom stereocenters. The predicted octanol–water partition coefficient (Wildman–Crippen LogP) is 4.34. The lowest BCUT2D eigenvalue weighted by Gasteiger charge is -2.02. The van der Waals surface area contributed by atoms with Crippen molar-refractivity contribution >= 4 is 23.5 Å². The van der Waals surface area contributed by atoms with Gasteiger partial charge in [-0.2, -0.15) is 4.39 Å². The molecule has 21 heavy (non-hydrogen) atoms. The second kappa shape index (κ2) is 6.65. The molecular formula is C16H15FN2O2. The molecule has 2 rings (SSSR count). The maximum absolute atomic E-state index is 13.5. The Morgan fingerprint density at radius 1 is 1.14 bits per heavy atom. The van der Waals surface area contributed by atoms with Gasteiger partial charge in [-0.05, 0) is 42.3 Å². The zero-order valence-corrected chi connectivity index (χ0v) is 11.5. The standard InChI is InChI=1S/C16H15FN2O2/c1-2-18-14-8-5-12(6-9-14)3-4-13-7-10-16(19(20)21)15(17)11-13/h3-11,18H,2H2,1H3. The Morgan fingerprint density at radius 2 is 1.76 bits per heavy atom. The highest BCUT2D eigenvalue weighted by Gasteiger charge is 2.12. The van der Waals surface area contributed by atoms with E-state index in [4.69, 9.17) is 0 Å². The van der Waals surface area contributed by atoms with Gasteiger partial charge in [-0.15, -0.1) is 0 Å². The van der Waals surface area contributed by atoms with Crippen molar-refractivity contribution in [2.24, 2.45) is 0 Å². The number of nitro benzene ring substituents is 1. The van der Waals surface area contributed by atoms with Gasteiger partial charge in [0.2, 0.25) is 5.82 Å². The van der Waals surface area contributed by atoms with Crippen LogP contribution in [0.3, 0.4) is 0 Å². The molecule has 1 N–H and O–H groups in total. The largest absolute Gasteiger partial charge is 0.385 e. The van der Waals surface area contributed by atoms with Crippen molar-refractivity contribution in [2.45, 2.75) is 6.92 Å². The van der Waals surface area contributed by atoms with Gasteiger partial charge in [-0.1, -0.05) is 24.3 Å². The van der Waals surface area contributed by atoms with Crippen LogP contribution in [0.2, 0.25) is 0 Å². The number of hydrogen-bond donors (Lipinski definition) is 1. The van der Waals surface area contributed by atoms with Crippen molar-refractivity contribution in [2.75, 3.05) is 11.9 Å². The fourth-order valence-electron chi connectivity index (χ4n) is 1.88. The summed E-state index contributed by atoms with van der Waals surface area (Å²) >= 11 is 0. The van der Waals surface area contributed by atoms with Crippen LogP contribution in [0, 0.1) is 15.9 Å². The average molecular weight is 286 g/mol. The van der Waals surface area contributed by atoms with Gasteiger partial charge in [0.25, 0.3) is 0 Å². The minimum Gasteiger partial charge on any atom is -0.385 e. The lowest BCUT2D eigenvalue weighted by Crippen LogP contribution is -1.95. The van der Waals surface area contributed by atoms with Gasteiger partial charge in [-0.3, -0.25) is 10.1 Å². The van der Waals surface area contributed by atoms with Gasteiger partial charge in [0.05, 0.1) is 4.92 Å². The molecule has 0 aliphatic heterocycles. The van der Waals surface area contributed by atoms with Crippen LogP contribution >= 0.6 is 0 Å². The summed E-state index contributed by atoms with van der Waals surface area (Å²) in [5.74, 6) is -0.829. The Morgan fingerprint density at radius 3 is 2.33 bits per heavy atom. The van der Waals surface area contributed by atoms with Gasteiger partial charge in [0.15, 0.2) is 0 Å². The van der Waals surface area contributed by atoms with Gasteiger partial charge in [-0.25, -0.2) is 0 Å². The first-order valence-electron chi connectivity index (χ1n) is 6.56. The Kier molecular flexibility index (Phi) is 4.66. The van der Waals surface area contributed by atoms with Crippen LogP contribution in [-0.2, 0) is 0 Å². The van der Waals surface area contributed by atoms with Crippen LogP contribution in [-0.4, -0.2) is 11.5 Å². The maximum Gasteiger partial charge on any atom is 0.304 e. The van der Waals surface area contributed by atoms with E-state index in [9.17, 15) is 14.5 Å². The van der Waals surface area contributed by atoms with Crippen molar-refractivity contribution in [3.63, 3.8) is 0 Å². The molecule has 0 fully saturated rings. The van der Waals surface area contributed by atoms with E-state index in [0.717, 1.165) is 23.9 Å². The van der Waals surface area contributed by atoms with Gasteiger partial charge in [0.1, 0.15) is 0 Å². The Balaban J connectivity index is 2.13. The van der Waals surface area contributed by atoms with E-state index in [1.807, 2.05) is 37.3 Å². The van der Waals surface area contributed by atoms with Crippen molar-refractivity contribution in [1.82, 2.24) is 0 Å². The number of nitro groups is 1. The van der Waals surface area contributed by atoms with Crippen molar-refractivity contribution in [3.05, 3.63) is 69.5 Å². The first kappa shape index (κ1) is 14.7. The van der Waals surface area contributed by atoms with E-state index in [2.05, 4.69) is 5.32 Å². The molecule has 0 heterocycles. The third-order valence-corrected chi connectivity index (χ3v) is 2.93. The summed E-state index contributed by atoms with van der Waals surface area (Å²) in [6, 6.07) is 11.6. The summed E-state index contributed by atoms with van der Waals surface area (Å²) in [4.78, 5) is 9.81. The molecule has 0 spiro atoms. The predicted molar refractivity (Wildman–Crippen MR) is 82.6 cm³/mol. The van der Waals surface area contributed by atoms with Crippen LogP contribution in [0.25, 0.3) is 12.2 Å². The topological polar surface area (TPSA) is 55.2 Å². The molecule has 108 valence electrons. The summed E-state index contributed by atoms with van der Waals surface area (Å²) in [6.07, 6.45) is 3.55. The molecule has 0 aromatic heterocycles. The van der Waals surface area contributed by atoms with Crippen LogP contribution in [0.15, 0.2) is 42.5 Å². The third-order valence-electron chi connectivity index (χ3n) is 2.93. The van der Waals surface area contributed by atoms with E-state index in [0.29, 0.717) is 5.56 Å². The number of hydrogen-bond acceptors (Lipinski definition) is 3. The molecule has 0 saturated heterocycles. The summed E-state index contributed by atoms with van der Waals surface area (Å²) in [6.45, 7) is 2.88. The summed E-state index contributed by atoms with van der Waals surface area (Å²) in [5.41, 5.74) is 2.07. The molecule has 0 aliphatic rings. The van der Waals surface area contributed by atoms with E-state index >= 15 is 0 Å². The molecule has 0 atom stereocenters. The van der Waals surface area contributed by atoms with Crippen molar-refractivity contribution < 1.29 is 9.31 Å². The Labute approximate surface area is 122 Å². The zero-order chi connectivity index (χ0) is 15.2. The van der Waals surface area contributed by atoms with Gasteiger partial charge >= 0.3 is 5.69 Å². The van der Waals surface area contributed by atoms with E-state index < -0.39 is 16.4 Å². The number of benzene rings is 2. The smallest absolute Gasteiger partial charge is 0.304 e. The second-order valence-corrected chi connectivity index (χ2v) is 4.45. The van der Waals surface area contributed by atoms with Crippen LogP contribution in [0.4, 0.5) is 15.8 Å².